The van der Waals surface area contributed by atoms with Crippen molar-refractivity contribution in [2.45, 2.75) is 18.8 Å². The van der Waals surface area contributed by atoms with Gasteiger partial charge in [0.15, 0.2) is 0 Å². The second-order valence-electron chi connectivity index (χ2n) is 3.45. The van der Waals surface area contributed by atoms with Crippen molar-refractivity contribution in [3.05, 3.63) is 35.9 Å². The number of hydrogen-bond acceptors (Lipinski definition) is 1. The highest BCUT2D eigenvalue weighted by Crippen LogP contribution is 2.23. The summed E-state index contributed by atoms with van der Waals surface area (Å²) in [4.78, 5) is 1.02. The molecule has 2 heteroatoms. The second-order valence-corrected chi connectivity index (χ2v) is 3.94. The van der Waals surface area contributed by atoms with Crippen molar-refractivity contribution in [3.63, 3.8) is 0 Å². The molecular formula is C11H13NS. The van der Waals surface area contributed by atoms with E-state index < -0.39 is 0 Å². The average molecular weight is 191 g/mol. The summed E-state index contributed by atoms with van der Waals surface area (Å²) in [5.74, 6) is 0.646. The lowest BCUT2D eigenvalue weighted by atomic mass is 9.92. The Bertz CT molecular complexity index is 284. The number of benzene rings is 1. The van der Waals surface area contributed by atoms with Crippen LogP contribution in [0, 0.1) is 0 Å². The van der Waals surface area contributed by atoms with Crippen molar-refractivity contribution in [1.29, 1.82) is 0 Å². The van der Waals surface area contributed by atoms with E-state index in [4.69, 9.17) is 12.2 Å². The van der Waals surface area contributed by atoms with E-state index in [-0.39, 0.29) is 0 Å². The predicted molar refractivity (Wildman–Crippen MR) is 59.0 cm³/mol. The summed E-state index contributed by atoms with van der Waals surface area (Å²) in [6, 6.07) is 10.6. The lowest BCUT2D eigenvalue weighted by molar-refractivity contribution is 0.583. The third kappa shape index (κ3) is 2.07. The quantitative estimate of drug-likeness (QED) is 0.684. The monoisotopic (exact) mass is 191 g/mol. The zero-order valence-electron chi connectivity index (χ0n) is 7.49. The van der Waals surface area contributed by atoms with Gasteiger partial charge in [0, 0.05) is 12.5 Å². The van der Waals surface area contributed by atoms with Gasteiger partial charge in [-0.15, -0.1) is 0 Å². The SMILES string of the molecule is S=C1CCC(c2ccccc2)CN1. The molecule has 0 amide bonds. The molecule has 0 spiro atoms. The molecule has 1 heterocycles. The molecule has 2 rings (SSSR count). The number of thiocarbonyl (C=S) groups is 1. The first-order chi connectivity index (χ1) is 6.36. The maximum atomic E-state index is 5.10. The molecule has 1 atom stereocenters. The largest absolute Gasteiger partial charge is 0.379 e. The first-order valence-electron chi connectivity index (χ1n) is 4.68. The Morgan fingerprint density at radius 1 is 1.23 bits per heavy atom. The number of piperidine rings is 1. The summed E-state index contributed by atoms with van der Waals surface area (Å²) in [6.07, 6.45) is 2.23. The van der Waals surface area contributed by atoms with Gasteiger partial charge >= 0.3 is 0 Å². The van der Waals surface area contributed by atoms with Gasteiger partial charge in [0.25, 0.3) is 0 Å². The normalized spacial score (nSPS) is 22.5. The molecule has 13 heavy (non-hydrogen) atoms. The minimum atomic E-state index is 0.646. The van der Waals surface area contributed by atoms with Crippen LogP contribution in [0.25, 0.3) is 0 Å². The van der Waals surface area contributed by atoms with E-state index in [0.717, 1.165) is 18.0 Å². The maximum absolute atomic E-state index is 5.10. The zero-order valence-corrected chi connectivity index (χ0v) is 8.31. The van der Waals surface area contributed by atoms with Crippen molar-refractivity contribution >= 4 is 17.2 Å². The number of rotatable bonds is 1. The molecule has 0 radical (unpaired) electrons. The molecular weight excluding hydrogens is 178 g/mol. The smallest absolute Gasteiger partial charge is 0.0753 e. The van der Waals surface area contributed by atoms with E-state index in [9.17, 15) is 0 Å². The molecule has 68 valence electrons. The highest BCUT2D eigenvalue weighted by Gasteiger charge is 2.16. The van der Waals surface area contributed by atoms with Crippen LogP contribution in [0.5, 0.6) is 0 Å². The van der Waals surface area contributed by atoms with Crippen molar-refractivity contribution in [3.8, 4) is 0 Å². The van der Waals surface area contributed by atoms with Gasteiger partial charge in [0.2, 0.25) is 0 Å². The Labute approximate surface area is 84.2 Å². The van der Waals surface area contributed by atoms with Crippen LogP contribution in [-0.4, -0.2) is 11.5 Å². The zero-order chi connectivity index (χ0) is 9.10. The molecule has 1 nitrogen and oxygen atoms in total. The third-order valence-electron chi connectivity index (χ3n) is 2.54. The molecule has 0 aliphatic carbocycles. The van der Waals surface area contributed by atoms with Gasteiger partial charge in [-0.05, 0) is 18.4 Å². The van der Waals surface area contributed by atoms with Crippen LogP contribution in [0.3, 0.4) is 0 Å². The van der Waals surface area contributed by atoms with Crippen molar-refractivity contribution in [2.75, 3.05) is 6.54 Å². The minimum Gasteiger partial charge on any atom is -0.379 e. The Morgan fingerprint density at radius 2 is 2.00 bits per heavy atom. The van der Waals surface area contributed by atoms with Gasteiger partial charge in [-0.3, -0.25) is 0 Å². The van der Waals surface area contributed by atoms with Gasteiger partial charge in [-0.1, -0.05) is 42.5 Å². The topological polar surface area (TPSA) is 12.0 Å². The van der Waals surface area contributed by atoms with E-state index in [1.54, 1.807) is 0 Å². The van der Waals surface area contributed by atoms with Crippen LogP contribution in [0.2, 0.25) is 0 Å². The molecule has 1 N–H and O–H groups in total. The molecule has 0 saturated carbocycles. The van der Waals surface area contributed by atoms with Crippen molar-refractivity contribution in [2.24, 2.45) is 0 Å². The molecule has 1 aromatic carbocycles. The first kappa shape index (κ1) is 8.70. The molecule has 1 unspecified atom stereocenters. The van der Waals surface area contributed by atoms with E-state index >= 15 is 0 Å². The van der Waals surface area contributed by atoms with Gasteiger partial charge in [-0.2, -0.15) is 0 Å². The fourth-order valence-corrected chi connectivity index (χ4v) is 1.94. The molecule has 1 aliphatic heterocycles. The second kappa shape index (κ2) is 3.88. The summed E-state index contributed by atoms with van der Waals surface area (Å²) in [5.41, 5.74) is 1.43. The third-order valence-corrected chi connectivity index (χ3v) is 2.88. The molecule has 1 saturated heterocycles. The molecule has 1 aliphatic rings. The summed E-state index contributed by atoms with van der Waals surface area (Å²) in [5, 5.41) is 3.26. The molecule has 0 bridgehead atoms. The summed E-state index contributed by atoms with van der Waals surface area (Å²) in [6.45, 7) is 1.00. The Hall–Kier alpha value is -0.890. The van der Waals surface area contributed by atoms with Crippen molar-refractivity contribution in [1.82, 2.24) is 5.32 Å². The van der Waals surface area contributed by atoms with E-state index in [2.05, 4.69) is 35.6 Å². The van der Waals surface area contributed by atoms with Crippen molar-refractivity contribution < 1.29 is 0 Å². The highest BCUT2D eigenvalue weighted by molar-refractivity contribution is 7.80. The van der Waals surface area contributed by atoms with Crippen LogP contribution in [0.1, 0.15) is 24.3 Å². The molecule has 1 aromatic rings. The van der Waals surface area contributed by atoms with Crippen LogP contribution >= 0.6 is 12.2 Å². The van der Waals surface area contributed by atoms with Gasteiger partial charge in [-0.25, -0.2) is 0 Å². The maximum Gasteiger partial charge on any atom is 0.0753 e. The number of nitrogens with one attached hydrogen (secondary N) is 1. The van der Waals surface area contributed by atoms with E-state index in [0.29, 0.717) is 5.92 Å². The fraction of sp³-hybridized carbons (Fsp3) is 0.364. The van der Waals surface area contributed by atoms with Crippen LogP contribution in [-0.2, 0) is 0 Å². The molecule has 1 fully saturated rings. The fourth-order valence-electron chi connectivity index (χ4n) is 1.74. The van der Waals surface area contributed by atoms with Crippen LogP contribution in [0.4, 0.5) is 0 Å². The predicted octanol–water partition coefficient (Wildman–Crippen LogP) is 2.48. The number of hydrogen-bond donors (Lipinski definition) is 1. The van der Waals surface area contributed by atoms with E-state index in [1.807, 2.05) is 0 Å². The lowest BCUT2D eigenvalue weighted by Crippen LogP contribution is -2.32. The summed E-state index contributed by atoms with van der Waals surface area (Å²) >= 11 is 5.10. The van der Waals surface area contributed by atoms with Gasteiger partial charge < -0.3 is 5.32 Å². The summed E-state index contributed by atoms with van der Waals surface area (Å²) < 4.78 is 0. The minimum absolute atomic E-state index is 0.646. The average Bonchev–Trinajstić information content (AvgIpc) is 2.20. The van der Waals surface area contributed by atoms with E-state index in [1.165, 1.54) is 12.0 Å². The Morgan fingerprint density at radius 3 is 2.62 bits per heavy atom. The Balaban J connectivity index is 2.07. The standard InChI is InChI=1S/C11H13NS/c13-11-7-6-10(8-12-11)9-4-2-1-3-5-9/h1-5,10H,6-8H2,(H,12,13). The molecule has 0 aromatic heterocycles. The van der Waals surface area contributed by atoms with Crippen LogP contribution < -0.4 is 5.32 Å². The van der Waals surface area contributed by atoms with Gasteiger partial charge in [0.1, 0.15) is 0 Å². The first-order valence-corrected chi connectivity index (χ1v) is 5.09. The highest BCUT2D eigenvalue weighted by atomic mass is 32.1. The lowest BCUT2D eigenvalue weighted by Gasteiger charge is -2.24. The Kier molecular flexibility index (Phi) is 2.60. The van der Waals surface area contributed by atoms with Crippen LogP contribution in [0.15, 0.2) is 30.3 Å². The summed E-state index contributed by atoms with van der Waals surface area (Å²) in [7, 11) is 0. The van der Waals surface area contributed by atoms with Gasteiger partial charge in [0.05, 0.1) is 4.99 Å².